The molecule has 0 radical (unpaired) electrons. The fourth-order valence-corrected chi connectivity index (χ4v) is 3.02. The van der Waals surface area contributed by atoms with Crippen molar-refractivity contribution in [3.63, 3.8) is 0 Å². The van der Waals surface area contributed by atoms with Crippen molar-refractivity contribution in [3.05, 3.63) is 23.5 Å². The van der Waals surface area contributed by atoms with E-state index in [4.69, 9.17) is 4.74 Å². The van der Waals surface area contributed by atoms with Gasteiger partial charge in [-0.1, -0.05) is 26.7 Å². The number of ether oxygens (including phenoxy) is 1. The summed E-state index contributed by atoms with van der Waals surface area (Å²) >= 11 is 0. The summed E-state index contributed by atoms with van der Waals surface area (Å²) in [6.07, 6.45) is 10.5. The number of aromatic nitrogens is 1. The van der Waals surface area contributed by atoms with Crippen LogP contribution in [-0.4, -0.2) is 35.5 Å². The van der Waals surface area contributed by atoms with Gasteiger partial charge in [-0.15, -0.1) is 0 Å². The molecule has 0 aliphatic heterocycles. The van der Waals surface area contributed by atoms with E-state index < -0.39 is 0 Å². The smallest absolute Gasteiger partial charge is 0.260 e. The highest BCUT2D eigenvalue weighted by Gasteiger charge is 2.17. The molecule has 1 amide bonds. The van der Waals surface area contributed by atoms with Crippen LogP contribution >= 0.6 is 0 Å². The number of amides is 1. The van der Waals surface area contributed by atoms with Crippen LogP contribution < -0.4 is 4.74 Å². The number of fused-ring (bicyclic) bond motifs is 1. The Bertz CT molecular complexity index is 494. The lowest BCUT2D eigenvalue weighted by atomic mass is 9.95. The molecule has 1 aromatic rings. The minimum atomic E-state index is 0.105. The molecule has 0 N–H and O–H groups in total. The predicted octanol–water partition coefficient (Wildman–Crippen LogP) is 3.77. The Labute approximate surface area is 140 Å². The van der Waals surface area contributed by atoms with Gasteiger partial charge < -0.3 is 9.64 Å². The SMILES string of the molecule is CCCCN(CCCC)C(=O)COc1ccnc2c1CCCC2. The average Bonchev–Trinajstić information content (AvgIpc) is 2.59. The van der Waals surface area contributed by atoms with E-state index in [0.717, 1.165) is 63.1 Å². The van der Waals surface area contributed by atoms with Crippen LogP contribution in [0.5, 0.6) is 5.75 Å². The van der Waals surface area contributed by atoms with Gasteiger partial charge in [-0.2, -0.15) is 0 Å². The molecule has 0 fully saturated rings. The van der Waals surface area contributed by atoms with E-state index in [1.807, 2.05) is 11.0 Å². The molecule has 1 aliphatic rings. The van der Waals surface area contributed by atoms with Crippen LogP contribution in [-0.2, 0) is 17.6 Å². The zero-order chi connectivity index (χ0) is 16.5. The molecule has 0 saturated heterocycles. The minimum Gasteiger partial charge on any atom is -0.483 e. The molecular weight excluding hydrogens is 288 g/mol. The average molecular weight is 318 g/mol. The van der Waals surface area contributed by atoms with Gasteiger partial charge in [0.25, 0.3) is 5.91 Å². The summed E-state index contributed by atoms with van der Waals surface area (Å²) in [4.78, 5) is 18.9. The second-order valence-corrected chi connectivity index (χ2v) is 6.32. The van der Waals surface area contributed by atoms with Gasteiger partial charge >= 0.3 is 0 Å². The van der Waals surface area contributed by atoms with Crippen LogP contribution in [0.3, 0.4) is 0 Å². The van der Waals surface area contributed by atoms with Crippen molar-refractivity contribution in [2.75, 3.05) is 19.7 Å². The van der Waals surface area contributed by atoms with Gasteiger partial charge in [0.1, 0.15) is 5.75 Å². The molecule has 2 rings (SSSR count). The number of nitrogens with zero attached hydrogens (tertiary/aromatic N) is 2. The van der Waals surface area contributed by atoms with E-state index in [1.165, 1.54) is 18.4 Å². The summed E-state index contributed by atoms with van der Waals surface area (Å²) in [5.41, 5.74) is 2.36. The van der Waals surface area contributed by atoms with Crippen molar-refractivity contribution in [2.45, 2.75) is 65.2 Å². The largest absolute Gasteiger partial charge is 0.483 e. The van der Waals surface area contributed by atoms with Gasteiger partial charge in [-0.3, -0.25) is 9.78 Å². The summed E-state index contributed by atoms with van der Waals surface area (Å²) in [6, 6.07) is 1.90. The first-order chi connectivity index (χ1) is 11.3. The highest BCUT2D eigenvalue weighted by atomic mass is 16.5. The molecule has 0 aromatic carbocycles. The van der Waals surface area contributed by atoms with E-state index in [2.05, 4.69) is 18.8 Å². The Hall–Kier alpha value is -1.58. The standard InChI is InChI=1S/C19H30N2O2/c1-3-5-13-21(14-6-4-2)19(22)15-23-18-11-12-20-17-10-8-7-9-16(17)18/h11-12H,3-10,13-15H2,1-2H3. The molecule has 1 aliphatic carbocycles. The summed E-state index contributed by atoms with van der Waals surface area (Å²) in [6.45, 7) is 6.13. The number of unbranched alkanes of at least 4 members (excludes halogenated alkanes) is 2. The molecule has 4 nitrogen and oxygen atoms in total. The second kappa shape index (κ2) is 9.53. The molecule has 128 valence electrons. The lowest BCUT2D eigenvalue weighted by molar-refractivity contribution is -0.133. The Kier molecular flexibility index (Phi) is 7.37. The number of hydrogen-bond acceptors (Lipinski definition) is 3. The maximum absolute atomic E-state index is 12.5. The number of carbonyl (C=O) groups is 1. The molecule has 4 heteroatoms. The summed E-state index contributed by atoms with van der Waals surface area (Å²) < 4.78 is 5.88. The number of rotatable bonds is 9. The highest BCUT2D eigenvalue weighted by molar-refractivity contribution is 5.77. The van der Waals surface area contributed by atoms with Gasteiger partial charge in [0.05, 0.1) is 0 Å². The maximum Gasteiger partial charge on any atom is 0.260 e. The quantitative estimate of drug-likeness (QED) is 0.696. The third-order valence-electron chi connectivity index (χ3n) is 4.46. The lowest BCUT2D eigenvalue weighted by Crippen LogP contribution is -2.36. The summed E-state index contributed by atoms with van der Waals surface area (Å²) in [5.74, 6) is 0.960. The molecule has 1 heterocycles. The fourth-order valence-electron chi connectivity index (χ4n) is 3.02. The van der Waals surface area contributed by atoms with Crippen molar-refractivity contribution in [1.29, 1.82) is 0 Å². The number of carbonyl (C=O) groups excluding carboxylic acids is 1. The van der Waals surface area contributed by atoms with Gasteiger partial charge in [-0.05, 0) is 44.6 Å². The zero-order valence-electron chi connectivity index (χ0n) is 14.6. The molecular formula is C19H30N2O2. The number of hydrogen-bond donors (Lipinski definition) is 0. The lowest BCUT2D eigenvalue weighted by Gasteiger charge is -2.23. The third-order valence-corrected chi connectivity index (χ3v) is 4.46. The van der Waals surface area contributed by atoms with Crippen LogP contribution in [0.1, 0.15) is 63.6 Å². The molecule has 0 atom stereocenters. The Morgan fingerprint density at radius 3 is 2.57 bits per heavy atom. The van der Waals surface area contributed by atoms with E-state index in [1.54, 1.807) is 6.20 Å². The second-order valence-electron chi connectivity index (χ2n) is 6.32. The minimum absolute atomic E-state index is 0.105. The molecule has 23 heavy (non-hydrogen) atoms. The molecule has 0 spiro atoms. The zero-order valence-corrected chi connectivity index (χ0v) is 14.6. The molecule has 0 bridgehead atoms. The van der Waals surface area contributed by atoms with E-state index in [0.29, 0.717) is 0 Å². The molecule has 0 saturated carbocycles. The third kappa shape index (κ3) is 5.22. The van der Waals surface area contributed by atoms with Gasteiger partial charge in [0.15, 0.2) is 6.61 Å². The van der Waals surface area contributed by atoms with Crippen molar-refractivity contribution >= 4 is 5.91 Å². The number of aryl methyl sites for hydroxylation is 1. The highest BCUT2D eigenvalue weighted by Crippen LogP contribution is 2.27. The first-order valence-electron chi connectivity index (χ1n) is 9.13. The fraction of sp³-hybridized carbons (Fsp3) is 0.684. The van der Waals surface area contributed by atoms with E-state index in [-0.39, 0.29) is 12.5 Å². The van der Waals surface area contributed by atoms with Gasteiger partial charge in [0.2, 0.25) is 0 Å². The molecule has 1 aromatic heterocycles. The van der Waals surface area contributed by atoms with Crippen LogP contribution in [0.25, 0.3) is 0 Å². The Balaban J connectivity index is 1.94. The van der Waals surface area contributed by atoms with Crippen molar-refractivity contribution in [1.82, 2.24) is 9.88 Å². The predicted molar refractivity (Wildman–Crippen MR) is 92.8 cm³/mol. The monoisotopic (exact) mass is 318 g/mol. The Morgan fingerprint density at radius 1 is 1.17 bits per heavy atom. The first-order valence-corrected chi connectivity index (χ1v) is 9.13. The van der Waals surface area contributed by atoms with Gasteiger partial charge in [0, 0.05) is 30.5 Å². The van der Waals surface area contributed by atoms with Crippen LogP contribution in [0.2, 0.25) is 0 Å². The topological polar surface area (TPSA) is 42.4 Å². The van der Waals surface area contributed by atoms with E-state index >= 15 is 0 Å². The Morgan fingerprint density at radius 2 is 1.87 bits per heavy atom. The first kappa shape index (κ1) is 17.8. The molecule has 0 unspecified atom stereocenters. The van der Waals surface area contributed by atoms with Crippen LogP contribution in [0.15, 0.2) is 12.3 Å². The van der Waals surface area contributed by atoms with Crippen LogP contribution in [0, 0.1) is 0 Å². The van der Waals surface area contributed by atoms with Crippen LogP contribution in [0.4, 0.5) is 0 Å². The van der Waals surface area contributed by atoms with Gasteiger partial charge in [-0.25, -0.2) is 0 Å². The van der Waals surface area contributed by atoms with E-state index in [9.17, 15) is 4.79 Å². The maximum atomic E-state index is 12.5. The summed E-state index contributed by atoms with van der Waals surface area (Å²) in [7, 11) is 0. The number of pyridine rings is 1. The van der Waals surface area contributed by atoms with Crippen molar-refractivity contribution in [3.8, 4) is 5.75 Å². The normalized spacial score (nSPS) is 13.5. The van der Waals surface area contributed by atoms with Crippen molar-refractivity contribution in [2.24, 2.45) is 0 Å². The van der Waals surface area contributed by atoms with Crippen molar-refractivity contribution < 1.29 is 9.53 Å². The summed E-state index contributed by atoms with van der Waals surface area (Å²) in [5, 5.41) is 0.